The lowest BCUT2D eigenvalue weighted by Crippen LogP contribution is -2.17. The van der Waals surface area contributed by atoms with Crippen LogP contribution in [0.15, 0.2) is 52.7 Å². The molecule has 0 spiro atoms. The molecule has 0 aliphatic carbocycles. The molecule has 8 nitrogen and oxygen atoms in total. The van der Waals surface area contributed by atoms with Gasteiger partial charge in [0.05, 0.1) is 11.5 Å². The number of thiazole rings is 1. The molecular formula is C21H19F3N2O6S2. The minimum absolute atomic E-state index is 0.00541. The fourth-order valence-corrected chi connectivity index (χ4v) is 3.96. The second-order valence-electron chi connectivity index (χ2n) is 7.14. The van der Waals surface area contributed by atoms with E-state index in [2.05, 4.69) is 10.3 Å². The number of aromatic nitrogens is 1. The van der Waals surface area contributed by atoms with Crippen LogP contribution in [0.25, 0.3) is 0 Å². The topological polar surface area (TPSA) is 115 Å². The SMILES string of the molecule is CC(CO)Oc1cc(Oc2ccc(S(C)(=O)=O)cc2)cc(C(=O)Nc2nc(C(F)(F)F)cs2)c1. The van der Waals surface area contributed by atoms with E-state index in [-0.39, 0.29) is 39.4 Å². The predicted octanol–water partition coefficient (Wildman–Crippen LogP) is 4.37. The van der Waals surface area contributed by atoms with Crippen LogP contribution in [0, 0.1) is 0 Å². The number of halogens is 3. The zero-order valence-corrected chi connectivity index (χ0v) is 19.4. The lowest BCUT2D eigenvalue weighted by molar-refractivity contribution is -0.140. The van der Waals surface area contributed by atoms with E-state index in [1.54, 1.807) is 6.92 Å². The van der Waals surface area contributed by atoms with Crippen LogP contribution in [0.3, 0.4) is 0 Å². The molecule has 182 valence electrons. The molecule has 3 aromatic rings. The zero-order chi connectivity index (χ0) is 25.1. The summed E-state index contributed by atoms with van der Waals surface area (Å²) in [6.45, 7) is 1.28. The number of aliphatic hydroxyl groups excluding tert-OH is 1. The van der Waals surface area contributed by atoms with Gasteiger partial charge in [-0.25, -0.2) is 13.4 Å². The first-order valence-electron chi connectivity index (χ1n) is 9.60. The third kappa shape index (κ3) is 6.68. The molecule has 0 radical (unpaired) electrons. The lowest BCUT2D eigenvalue weighted by atomic mass is 10.2. The fraction of sp³-hybridized carbons (Fsp3) is 0.238. The normalized spacial score (nSPS) is 12.8. The van der Waals surface area contributed by atoms with Crippen molar-refractivity contribution in [2.75, 3.05) is 18.2 Å². The fourth-order valence-electron chi connectivity index (χ4n) is 2.62. The largest absolute Gasteiger partial charge is 0.488 e. The lowest BCUT2D eigenvalue weighted by Gasteiger charge is -2.15. The average molecular weight is 517 g/mol. The van der Waals surface area contributed by atoms with E-state index in [0.717, 1.165) is 11.6 Å². The Morgan fingerprint density at radius 1 is 1.15 bits per heavy atom. The molecule has 2 N–H and O–H groups in total. The molecule has 3 rings (SSSR count). The number of aliphatic hydroxyl groups is 1. The van der Waals surface area contributed by atoms with Gasteiger partial charge in [0.1, 0.15) is 23.4 Å². The number of anilines is 1. The van der Waals surface area contributed by atoms with Gasteiger partial charge in [-0.2, -0.15) is 13.2 Å². The second kappa shape index (κ2) is 9.99. The number of sulfone groups is 1. The van der Waals surface area contributed by atoms with Gasteiger partial charge in [0.2, 0.25) is 0 Å². The smallest absolute Gasteiger partial charge is 0.434 e. The Balaban J connectivity index is 1.87. The molecule has 1 unspecified atom stereocenters. The highest BCUT2D eigenvalue weighted by Crippen LogP contribution is 2.33. The van der Waals surface area contributed by atoms with Gasteiger partial charge >= 0.3 is 6.18 Å². The molecule has 1 aromatic heterocycles. The highest BCUT2D eigenvalue weighted by atomic mass is 32.2. The Morgan fingerprint density at radius 3 is 2.35 bits per heavy atom. The minimum atomic E-state index is -4.64. The molecule has 0 saturated heterocycles. The number of nitrogens with one attached hydrogen (secondary N) is 1. The van der Waals surface area contributed by atoms with E-state index < -0.39 is 33.7 Å². The first-order valence-corrected chi connectivity index (χ1v) is 12.4. The molecule has 34 heavy (non-hydrogen) atoms. The number of nitrogens with zero attached hydrogens (tertiary/aromatic N) is 1. The number of alkyl halides is 3. The van der Waals surface area contributed by atoms with Crippen molar-refractivity contribution in [2.45, 2.75) is 24.1 Å². The number of rotatable bonds is 8. The standard InChI is InChI=1S/C21H19F3N2O6S2/c1-12(10-27)31-15-7-13(19(28)26-20-25-18(11-33-20)21(22,23)24)8-16(9-15)32-14-3-5-17(6-4-14)34(2,29)30/h3-9,11-12,27H,10H2,1-2H3,(H,25,26,28). The van der Waals surface area contributed by atoms with E-state index in [0.29, 0.717) is 11.3 Å². The van der Waals surface area contributed by atoms with Crippen molar-refractivity contribution in [2.24, 2.45) is 0 Å². The van der Waals surface area contributed by atoms with Gasteiger partial charge < -0.3 is 14.6 Å². The number of carbonyl (C=O) groups excluding carboxylic acids is 1. The van der Waals surface area contributed by atoms with Crippen LogP contribution in [-0.4, -0.2) is 43.4 Å². The van der Waals surface area contributed by atoms with Gasteiger partial charge in [0.25, 0.3) is 5.91 Å². The summed E-state index contributed by atoms with van der Waals surface area (Å²) in [6, 6.07) is 9.66. The summed E-state index contributed by atoms with van der Waals surface area (Å²) < 4.78 is 72.8. The maximum atomic E-state index is 12.8. The highest BCUT2D eigenvalue weighted by molar-refractivity contribution is 7.90. The zero-order valence-electron chi connectivity index (χ0n) is 17.8. The van der Waals surface area contributed by atoms with Crippen LogP contribution in [0.4, 0.5) is 18.3 Å². The average Bonchev–Trinajstić information content (AvgIpc) is 3.22. The van der Waals surface area contributed by atoms with E-state index in [9.17, 15) is 31.5 Å². The summed E-state index contributed by atoms with van der Waals surface area (Å²) in [7, 11) is -3.40. The van der Waals surface area contributed by atoms with E-state index in [1.807, 2.05) is 0 Å². The first-order chi connectivity index (χ1) is 15.8. The highest BCUT2D eigenvalue weighted by Gasteiger charge is 2.34. The van der Waals surface area contributed by atoms with Crippen LogP contribution >= 0.6 is 11.3 Å². The predicted molar refractivity (Wildman–Crippen MR) is 118 cm³/mol. The third-order valence-electron chi connectivity index (χ3n) is 4.24. The molecule has 1 amide bonds. The molecule has 0 aliphatic heterocycles. The maximum absolute atomic E-state index is 12.8. The molecule has 0 aliphatic rings. The summed E-state index contributed by atoms with van der Waals surface area (Å²) in [5.41, 5.74) is -1.13. The molecule has 1 heterocycles. The monoisotopic (exact) mass is 516 g/mol. The molecular weight excluding hydrogens is 497 g/mol. The Hall–Kier alpha value is -3.16. The van der Waals surface area contributed by atoms with Gasteiger partial charge in [-0.15, -0.1) is 11.3 Å². The van der Waals surface area contributed by atoms with Crippen LogP contribution in [-0.2, 0) is 16.0 Å². The van der Waals surface area contributed by atoms with Crippen LogP contribution in [0.5, 0.6) is 17.2 Å². The van der Waals surface area contributed by atoms with Crippen molar-refractivity contribution in [3.63, 3.8) is 0 Å². The third-order valence-corrected chi connectivity index (χ3v) is 6.13. The van der Waals surface area contributed by atoms with Crippen LogP contribution in [0.2, 0.25) is 0 Å². The summed E-state index contributed by atoms with van der Waals surface area (Å²) in [4.78, 5) is 16.1. The number of hydrogen-bond donors (Lipinski definition) is 2. The Morgan fingerprint density at radius 2 is 1.79 bits per heavy atom. The molecule has 13 heteroatoms. The molecule has 2 aromatic carbocycles. The number of amides is 1. The van der Waals surface area contributed by atoms with Crippen molar-refractivity contribution < 1.29 is 41.0 Å². The maximum Gasteiger partial charge on any atom is 0.434 e. The van der Waals surface area contributed by atoms with E-state index >= 15 is 0 Å². The summed E-state index contributed by atoms with van der Waals surface area (Å²) in [6.07, 6.45) is -4.19. The number of benzene rings is 2. The molecule has 1 atom stereocenters. The van der Waals surface area contributed by atoms with Crippen molar-refractivity contribution >= 4 is 32.2 Å². The number of ether oxygens (including phenoxy) is 2. The summed E-state index contributed by atoms with van der Waals surface area (Å²) in [5.74, 6) is -0.203. The van der Waals surface area contributed by atoms with Crippen LogP contribution < -0.4 is 14.8 Å². The van der Waals surface area contributed by atoms with E-state index in [1.165, 1.54) is 42.5 Å². The molecule has 0 bridgehead atoms. The minimum Gasteiger partial charge on any atom is -0.488 e. The number of hydrogen-bond acceptors (Lipinski definition) is 8. The van der Waals surface area contributed by atoms with Crippen LogP contribution in [0.1, 0.15) is 23.0 Å². The Labute approximate surface area is 196 Å². The molecule has 0 fully saturated rings. The van der Waals surface area contributed by atoms with Gasteiger partial charge in [-0.3, -0.25) is 10.1 Å². The summed E-state index contributed by atoms with van der Waals surface area (Å²) in [5, 5.41) is 12.1. The Bertz CT molecular complexity index is 1270. The van der Waals surface area contributed by atoms with Crippen molar-refractivity contribution in [1.29, 1.82) is 0 Å². The van der Waals surface area contributed by atoms with Crippen molar-refractivity contribution in [3.05, 3.63) is 59.1 Å². The van der Waals surface area contributed by atoms with Crippen molar-refractivity contribution in [1.82, 2.24) is 4.98 Å². The van der Waals surface area contributed by atoms with Gasteiger partial charge in [-0.1, -0.05) is 0 Å². The van der Waals surface area contributed by atoms with E-state index in [4.69, 9.17) is 9.47 Å². The van der Waals surface area contributed by atoms with Gasteiger partial charge in [0, 0.05) is 23.3 Å². The quantitative estimate of drug-likeness (QED) is 0.457. The summed E-state index contributed by atoms with van der Waals surface area (Å²) >= 11 is 0.620. The Kier molecular flexibility index (Phi) is 7.48. The van der Waals surface area contributed by atoms with Gasteiger partial charge in [-0.05, 0) is 43.3 Å². The molecule has 0 saturated carbocycles. The van der Waals surface area contributed by atoms with Crippen molar-refractivity contribution in [3.8, 4) is 17.2 Å². The first kappa shape index (κ1) is 25.5. The van der Waals surface area contributed by atoms with Gasteiger partial charge in [0.15, 0.2) is 20.7 Å². The second-order valence-corrected chi connectivity index (χ2v) is 10.0. The number of carbonyl (C=O) groups is 1.